The van der Waals surface area contributed by atoms with Crippen molar-refractivity contribution in [3.63, 3.8) is 0 Å². The molecule has 0 fully saturated rings. The maximum atomic E-state index is 12.2. The quantitative estimate of drug-likeness (QED) is 0.130. The normalized spacial score (nSPS) is 11.7. The van der Waals surface area contributed by atoms with Crippen molar-refractivity contribution in [3.8, 4) is 11.5 Å². The summed E-state index contributed by atoms with van der Waals surface area (Å²) in [5.41, 5.74) is 25.7. The van der Waals surface area contributed by atoms with Crippen LogP contribution in [0.25, 0.3) is 20.9 Å². The van der Waals surface area contributed by atoms with Crippen LogP contribution >= 0.6 is 0 Å². The van der Waals surface area contributed by atoms with Crippen molar-refractivity contribution in [1.82, 2.24) is 0 Å². The lowest BCUT2D eigenvalue weighted by molar-refractivity contribution is -0.411. The first-order valence-corrected chi connectivity index (χ1v) is 10.4. The van der Waals surface area contributed by atoms with Crippen molar-refractivity contribution in [2.75, 3.05) is 20.3 Å². The number of quaternary nitrogens is 2. The van der Waals surface area contributed by atoms with Crippen molar-refractivity contribution in [2.45, 2.75) is 24.9 Å². The molecule has 35 heavy (non-hydrogen) atoms. The van der Waals surface area contributed by atoms with E-state index >= 15 is 0 Å². The summed E-state index contributed by atoms with van der Waals surface area (Å²) in [5.74, 6) is -0.181. The van der Waals surface area contributed by atoms with E-state index in [4.69, 9.17) is 30.0 Å². The van der Waals surface area contributed by atoms with Gasteiger partial charge in [-0.2, -0.15) is 0 Å². The first-order chi connectivity index (χ1) is 16.9. The van der Waals surface area contributed by atoms with Gasteiger partial charge in [0, 0.05) is 22.7 Å². The van der Waals surface area contributed by atoms with E-state index in [2.05, 4.69) is 31.5 Å². The van der Waals surface area contributed by atoms with Crippen LogP contribution in [0.15, 0.2) is 58.8 Å². The van der Waals surface area contributed by atoms with Gasteiger partial charge in [-0.05, 0) is 46.5 Å². The molecular weight excluding hydrogens is 460 g/mol. The number of carbonyl (C=O) groups is 2. The second-order valence-corrected chi connectivity index (χ2v) is 7.14. The zero-order valence-corrected chi connectivity index (χ0v) is 18.9. The zero-order chi connectivity index (χ0) is 25.5. The molecule has 0 aromatic heterocycles. The molecular formula is C21H26N8O6+2. The third-order valence-corrected chi connectivity index (χ3v) is 4.58. The van der Waals surface area contributed by atoms with Crippen molar-refractivity contribution < 1.29 is 40.0 Å². The molecule has 2 unspecified atom stereocenters. The molecule has 6 N–H and O–H groups in total. The fraction of sp³-hybridized carbons (Fsp3) is 0.333. The van der Waals surface area contributed by atoms with E-state index in [-0.39, 0.29) is 13.5 Å². The van der Waals surface area contributed by atoms with Gasteiger partial charge in [0.2, 0.25) is 6.79 Å². The Labute approximate surface area is 199 Å². The van der Waals surface area contributed by atoms with Crippen molar-refractivity contribution >= 4 is 11.9 Å². The van der Waals surface area contributed by atoms with Crippen LogP contribution in [-0.4, -0.2) is 44.3 Å². The summed E-state index contributed by atoms with van der Waals surface area (Å²) in [6.45, 7) is -0.767. The Hall–Kier alpha value is -4.48. The topological polar surface area (TPSA) is 224 Å². The smallest absolute Gasteiger partial charge is 0.367 e. The summed E-state index contributed by atoms with van der Waals surface area (Å²) in [4.78, 5) is 29.5. The van der Waals surface area contributed by atoms with E-state index in [9.17, 15) is 9.59 Å². The van der Waals surface area contributed by atoms with Gasteiger partial charge in [0.15, 0.2) is 25.5 Å². The Morgan fingerprint density at radius 3 is 1.46 bits per heavy atom. The summed E-state index contributed by atoms with van der Waals surface area (Å²) in [6, 6.07) is 12.3. The van der Waals surface area contributed by atoms with Crippen LogP contribution in [0.3, 0.4) is 0 Å². The van der Waals surface area contributed by atoms with Crippen molar-refractivity contribution in [2.24, 2.45) is 10.2 Å². The van der Waals surface area contributed by atoms with Gasteiger partial charge in [0.1, 0.15) is 11.5 Å². The van der Waals surface area contributed by atoms with Crippen LogP contribution < -0.4 is 20.9 Å². The number of hydrogen-bond acceptors (Lipinski definition) is 8. The predicted molar refractivity (Wildman–Crippen MR) is 120 cm³/mol. The molecule has 2 aromatic rings. The molecule has 0 aliphatic heterocycles. The van der Waals surface area contributed by atoms with Crippen molar-refractivity contribution in [1.29, 1.82) is 0 Å². The maximum absolute atomic E-state index is 12.2. The zero-order valence-electron chi connectivity index (χ0n) is 18.9. The Kier molecular flexibility index (Phi) is 11.2. The molecule has 184 valence electrons. The van der Waals surface area contributed by atoms with Crippen molar-refractivity contribution in [3.05, 3.63) is 80.5 Å². The lowest BCUT2D eigenvalue weighted by Gasteiger charge is -2.12. The molecule has 0 saturated carbocycles. The van der Waals surface area contributed by atoms with Gasteiger partial charge in [-0.1, -0.05) is 34.5 Å². The van der Waals surface area contributed by atoms with Gasteiger partial charge in [0.25, 0.3) is 0 Å². The van der Waals surface area contributed by atoms with E-state index in [0.717, 1.165) is 11.1 Å². The summed E-state index contributed by atoms with van der Waals surface area (Å²) in [5, 5.41) is 6.56. The second-order valence-electron chi connectivity index (χ2n) is 7.14. The molecule has 0 aliphatic carbocycles. The minimum atomic E-state index is -0.709. The Morgan fingerprint density at radius 2 is 1.11 bits per heavy atom. The van der Waals surface area contributed by atoms with Crippen LogP contribution in [-0.2, 0) is 31.9 Å². The molecule has 14 heteroatoms. The predicted octanol–water partition coefficient (Wildman–Crippen LogP) is 1.03. The lowest BCUT2D eigenvalue weighted by atomic mass is 10.1. The minimum Gasteiger partial charge on any atom is -0.488 e. The number of benzene rings is 2. The Balaban J connectivity index is 1.70. The highest BCUT2D eigenvalue weighted by Gasteiger charge is 2.23. The third kappa shape index (κ3) is 9.90. The Bertz CT molecular complexity index is 981. The van der Waals surface area contributed by atoms with E-state index < -0.39 is 30.8 Å². The van der Waals surface area contributed by atoms with Gasteiger partial charge in [0.05, 0.1) is 0 Å². The summed E-state index contributed by atoms with van der Waals surface area (Å²) in [6.07, 6.45) is 0.619. The molecule has 0 amide bonds. The average molecular weight is 486 g/mol. The number of azide groups is 2. The number of nitrogens with zero attached hydrogens (tertiary/aromatic N) is 6. The van der Waals surface area contributed by atoms with E-state index in [1.54, 1.807) is 48.5 Å². The molecule has 0 saturated heterocycles. The highest BCUT2D eigenvalue weighted by molar-refractivity contribution is 5.76. The molecule has 2 atom stereocenters. The number of esters is 2. The standard InChI is InChI=1S/C21H24N8O6/c22-18(9-14-1-5-16(6-2-14)32-11-26-28-24)20(30)34-13-35-21(31)19(23)10-15-3-7-17(8-4-15)33-12-27-29-25/h1-8,18-19H,9-13,22-23H2/p+2. The van der Waals surface area contributed by atoms with Crippen LogP contribution in [0, 0.1) is 0 Å². The number of rotatable bonds is 14. The molecule has 0 aliphatic rings. The minimum absolute atomic E-state index is 0.117. The van der Waals surface area contributed by atoms with Crippen LogP contribution in [0.2, 0.25) is 0 Å². The first kappa shape index (κ1) is 26.8. The third-order valence-electron chi connectivity index (χ3n) is 4.58. The largest absolute Gasteiger partial charge is 0.488 e. The number of carbonyl (C=O) groups excluding carboxylic acids is 2. The molecule has 0 heterocycles. The van der Waals surface area contributed by atoms with Crippen LogP contribution in [0.4, 0.5) is 0 Å². The van der Waals surface area contributed by atoms with Crippen LogP contribution in [0.1, 0.15) is 11.1 Å². The monoisotopic (exact) mass is 486 g/mol. The molecule has 14 nitrogen and oxygen atoms in total. The molecule has 2 aromatic carbocycles. The molecule has 0 spiro atoms. The van der Waals surface area contributed by atoms with Gasteiger partial charge < -0.3 is 30.4 Å². The van der Waals surface area contributed by atoms with Gasteiger partial charge in [-0.25, -0.2) is 9.59 Å². The lowest BCUT2D eigenvalue weighted by Crippen LogP contribution is -2.67. The highest BCUT2D eigenvalue weighted by atomic mass is 16.7. The maximum Gasteiger partial charge on any atom is 0.367 e. The SMILES string of the molecule is [N-]=[N+]=NCOc1ccc(CC([NH3+])C(=O)OCOC(=O)C([NH3+])Cc2ccc(OCN=[N+]=[N-])cc2)cc1. The van der Waals surface area contributed by atoms with Crippen LogP contribution in [0.5, 0.6) is 11.5 Å². The summed E-state index contributed by atoms with van der Waals surface area (Å²) < 4.78 is 20.4. The molecule has 2 rings (SSSR count). The Morgan fingerprint density at radius 1 is 0.743 bits per heavy atom. The number of ether oxygens (including phenoxy) is 4. The average Bonchev–Trinajstić information content (AvgIpc) is 2.86. The summed E-state index contributed by atoms with van der Waals surface area (Å²) >= 11 is 0. The highest BCUT2D eigenvalue weighted by Crippen LogP contribution is 2.14. The van der Waals surface area contributed by atoms with Gasteiger partial charge in [-0.15, -0.1) is 0 Å². The molecule has 0 bridgehead atoms. The van der Waals surface area contributed by atoms with Gasteiger partial charge in [-0.3, -0.25) is 0 Å². The summed E-state index contributed by atoms with van der Waals surface area (Å²) in [7, 11) is 0. The van der Waals surface area contributed by atoms with E-state index in [0.29, 0.717) is 24.3 Å². The number of hydrogen-bond donors (Lipinski definition) is 2. The molecule has 0 radical (unpaired) electrons. The van der Waals surface area contributed by atoms with Gasteiger partial charge >= 0.3 is 11.9 Å². The second kappa shape index (κ2) is 14.6. The fourth-order valence-corrected chi connectivity index (χ4v) is 2.82. The van der Waals surface area contributed by atoms with E-state index in [1.807, 2.05) is 0 Å². The fourth-order valence-electron chi connectivity index (χ4n) is 2.82. The van der Waals surface area contributed by atoms with E-state index in [1.165, 1.54) is 0 Å². The first-order valence-electron chi connectivity index (χ1n) is 10.4.